The molecule has 13 heteroatoms. The van der Waals surface area contributed by atoms with E-state index in [1.807, 2.05) is 0 Å². The van der Waals surface area contributed by atoms with Gasteiger partial charge in [0.15, 0.2) is 10.7 Å². The predicted molar refractivity (Wildman–Crippen MR) is 130 cm³/mol. The van der Waals surface area contributed by atoms with Crippen LogP contribution in [-0.4, -0.2) is 35.0 Å². The molecule has 7 nitrogen and oxygen atoms in total. The molecule has 1 atom stereocenters. The second kappa shape index (κ2) is 11.0. The fraction of sp³-hybridized carbons (Fsp3) is 0.348. The van der Waals surface area contributed by atoms with Gasteiger partial charge in [0.2, 0.25) is 0 Å². The summed E-state index contributed by atoms with van der Waals surface area (Å²) in [5.41, 5.74) is -0.236. The summed E-state index contributed by atoms with van der Waals surface area (Å²) < 4.78 is 95.1. The molecule has 1 heterocycles. The Hall–Kier alpha value is -2.90. The van der Waals surface area contributed by atoms with Crippen LogP contribution in [0.4, 0.5) is 29.1 Å². The molecule has 1 unspecified atom stereocenters. The van der Waals surface area contributed by atoms with E-state index in [9.17, 15) is 17.2 Å². The minimum absolute atomic E-state index is 0.0693. The molecular weight excluding hydrogens is 518 g/mol. The second-order valence-corrected chi connectivity index (χ2v) is 16.8. The molecule has 0 saturated carbocycles. The maximum Gasteiger partial charge on any atom is 0.273 e. The van der Waals surface area contributed by atoms with Crippen LogP contribution >= 0.6 is 0 Å². The number of nitrogens with zero attached hydrogens (tertiary/aromatic N) is 2. The molecule has 3 aromatic rings. The molecule has 1 N–H and O–H groups in total. The maximum atomic E-state index is 15.1. The highest BCUT2D eigenvalue weighted by molar-refractivity contribution is 7.92. The van der Waals surface area contributed by atoms with Gasteiger partial charge < -0.3 is 14.6 Å². The van der Waals surface area contributed by atoms with Crippen LogP contribution in [0.1, 0.15) is 18.5 Å². The van der Waals surface area contributed by atoms with E-state index in [0.717, 1.165) is 42.6 Å². The lowest BCUT2D eigenvalue weighted by Crippen LogP contribution is -2.35. The third-order valence-electron chi connectivity index (χ3n) is 5.24. The molecule has 196 valence electrons. The first-order valence-electron chi connectivity index (χ1n) is 11.0. The van der Waals surface area contributed by atoms with E-state index in [1.54, 1.807) is 0 Å². The Morgan fingerprint density at radius 3 is 2.31 bits per heavy atom. The number of hydrogen-bond donors (Lipinski definition) is 1. The topological polar surface area (TPSA) is 84.7 Å². The molecule has 0 bridgehead atoms. The highest BCUT2D eigenvalue weighted by Gasteiger charge is 2.33. The molecule has 0 amide bonds. The van der Waals surface area contributed by atoms with Gasteiger partial charge in [0.25, 0.3) is 10.0 Å². The number of aromatic nitrogens is 1. The van der Waals surface area contributed by atoms with Gasteiger partial charge in [-0.15, -0.1) is 0 Å². The van der Waals surface area contributed by atoms with Crippen molar-refractivity contribution in [3.8, 4) is 0 Å². The smallest absolute Gasteiger partial charge is 0.273 e. The van der Waals surface area contributed by atoms with Crippen LogP contribution in [0.15, 0.2) is 52.1 Å². The molecule has 0 fully saturated rings. The first kappa shape index (κ1) is 27.7. The third-order valence-corrected chi connectivity index (χ3v) is 8.72. The van der Waals surface area contributed by atoms with Gasteiger partial charge in [0, 0.05) is 32.0 Å². The third kappa shape index (κ3) is 6.65. The lowest BCUT2D eigenvalue weighted by Gasteiger charge is -2.23. The van der Waals surface area contributed by atoms with Crippen molar-refractivity contribution in [3.63, 3.8) is 0 Å². The van der Waals surface area contributed by atoms with Gasteiger partial charge in [-0.2, -0.15) is 0 Å². The Labute approximate surface area is 208 Å². The first-order chi connectivity index (χ1) is 16.8. The average Bonchev–Trinajstić information content (AvgIpc) is 3.27. The number of sulfonamides is 1. The van der Waals surface area contributed by atoms with Crippen LogP contribution in [0.25, 0.3) is 0 Å². The van der Waals surface area contributed by atoms with Crippen LogP contribution in [0.2, 0.25) is 25.7 Å². The quantitative estimate of drug-likeness (QED) is 0.140. The molecule has 0 aliphatic rings. The molecular formula is C23H27F4N3O4SSi. The summed E-state index contributed by atoms with van der Waals surface area (Å²) in [6, 6.07) is 5.44. The summed E-state index contributed by atoms with van der Waals surface area (Å²) in [6.45, 7) is 7.53. The Kier molecular flexibility index (Phi) is 8.47. The zero-order valence-corrected chi connectivity index (χ0v) is 22.0. The fourth-order valence-corrected chi connectivity index (χ4v) is 5.43. The van der Waals surface area contributed by atoms with Crippen molar-refractivity contribution in [1.29, 1.82) is 0 Å². The first-order valence-corrected chi connectivity index (χ1v) is 16.2. The molecule has 36 heavy (non-hydrogen) atoms. The zero-order chi connectivity index (χ0) is 26.7. The van der Waals surface area contributed by atoms with Crippen molar-refractivity contribution in [2.24, 2.45) is 0 Å². The van der Waals surface area contributed by atoms with E-state index in [-0.39, 0.29) is 23.7 Å². The van der Waals surface area contributed by atoms with Gasteiger partial charge >= 0.3 is 0 Å². The second-order valence-electron chi connectivity index (χ2n) is 9.36. The summed E-state index contributed by atoms with van der Waals surface area (Å²) in [4.78, 5) is -1.21. The lowest BCUT2D eigenvalue weighted by molar-refractivity contribution is 0.155. The SMILES string of the molecule is CC(Nc1cc(F)c(S(=O)(=O)N(COCC[Si](C)(C)C)c2ccon2)c(F)c1)c1cc(F)ccc1F. The van der Waals surface area contributed by atoms with Gasteiger partial charge in [-0.25, -0.2) is 30.3 Å². The van der Waals surface area contributed by atoms with Gasteiger partial charge in [-0.1, -0.05) is 24.8 Å². The minimum atomic E-state index is -4.80. The lowest BCUT2D eigenvalue weighted by atomic mass is 10.1. The van der Waals surface area contributed by atoms with Crippen LogP contribution in [0.5, 0.6) is 0 Å². The Bertz CT molecular complexity index is 1280. The van der Waals surface area contributed by atoms with E-state index in [1.165, 1.54) is 13.0 Å². The summed E-state index contributed by atoms with van der Waals surface area (Å²) in [6.07, 6.45) is 1.12. The number of rotatable bonds is 11. The highest BCUT2D eigenvalue weighted by Crippen LogP contribution is 2.31. The Morgan fingerprint density at radius 2 is 1.72 bits per heavy atom. The molecule has 0 radical (unpaired) electrons. The molecule has 3 rings (SSSR count). The molecule has 0 saturated heterocycles. The fourth-order valence-electron chi connectivity index (χ4n) is 3.29. The van der Waals surface area contributed by atoms with E-state index < -0.39 is 59.0 Å². The van der Waals surface area contributed by atoms with Crippen molar-refractivity contribution < 1.29 is 35.2 Å². The number of hydrogen-bond acceptors (Lipinski definition) is 6. The van der Waals surface area contributed by atoms with Gasteiger partial charge in [-0.3, -0.25) is 0 Å². The van der Waals surface area contributed by atoms with Crippen molar-refractivity contribution in [2.45, 2.75) is 43.5 Å². The average molecular weight is 546 g/mol. The maximum absolute atomic E-state index is 15.1. The molecule has 0 aliphatic heterocycles. The molecule has 2 aromatic carbocycles. The molecule has 0 spiro atoms. The monoisotopic (exact) mass is 545 g/mol. The van der Waals surface area contributed by atoms with Crippen LogP contribution < -0.4 is 9.62 Å². The van der Waals surface area contributed by atoms with E-state index in [4.69, 9.17) is 9.26 Å². The Balaban J connectivity index is 1.88. The number of nitrogens with one attached hydrogen (secondary N) is 1. The van der Waals surface area contributed by atoms with Crippen LogP contribution in [0.3, 0.4) is 0 Å². The van der Waals surface area contributed by atoms with Crippen molar-refractivity contribution in [3.05, 3.63) is 71.5 Å². The largest absolute Gasteiger partial charge is 0.378 e. The molecule has 1 aromatic heterocycles. The summed E-state index contributed by atoms with van der Waals surface area (Å²) in [5.74, 6) is -4.38. The van der Waals surface area contributed by atoms with E-state index in [2.05, 4.69) is 30.1 Å². The number of ether oxygens (including phenoxy) is 1. The highest BCUT2D eigenvalue weighted by atomic mass is 32.2. The summed E-state index contributed by atoms with van der Waals surface area (Å²) in [7, 11) is -6.27. The molecule has 0 aliphatic carbocycles. The summed E-state index contributed by atoms with van der Waals surface area (Å²) in [5, 5.41) is 6.23. The number of anilines is 2. The number of halogens is 4. The van der Waals surface area contributed by atoms with Crippen molar-refractivity contribution in [2.75, 3.05) is 23.0 Å². The van der Waals surface area contributed by atoms with Crippen molar-refractivity contribution >= 4 is 29.6 Å². The summed E-state index contributed by atoms with van der Waals surface area (Å²) >= 11 is 0. The van der Waals surface area contributed by atoms with Crippen LogP contribution in [-0.2, 0) is 14.8 Å². The standard InChI is InChI=1S/C23H27F4N3O4SSi/c1-15(18-11-16(24)5-6-19(18)25)28-17-12-20(26)23(21(27)13-17)35(31,32)30(22-7-8-34-29-22)14-33-9-10-36(2,3)4/h5-8,11-13,15,28H,9-10,14H2,1-4H3. The van der Waals surface area contributed by atoms with E-state index >= 15 is 8.78 Å². The van der Waals surface area contributed by atoms with Gasteiger partial charge in [-0.05, 0) is 43.3 Å². The van der Waals surface area contributed by atoms with Crippen molar-refractivity contribution in [1.82, 2.24) is 5.16 Å². The van der Waals surface area contributed by atoms with E-state index in [0.29, 0.717) is 4.31 Å². The predicted octanol–water partition coefficient (Wildman–Crippen LogP) is 5.91. The normalized spacial score (nSPS) is 13.0. The van der Waals surface area contributed by atoms with Crippen LogP contribution in [0, 0.1) is 23.3 Å². The zero-order valence-electron chi connectivity index (χ0n) is 20.2. The van der Waals surface area contributed by atoms with Gasteiger partial charge in [0.1, 0.15) is 36.3 Å². The van der Waals surface area contributed by atoms with Gasteiger partial charge in [0.05, 0.1) is 6.04 Å². The number of benzene rings is 2. The minimum Gasteiger partial charge on any atom is -0.378 e. The Morgan fingerprint density at radius 1 is 1.06 bits per heavy atom.